The zero-order chi connectivity index (χ0) is 14.4. The van der Waals surface area contributed by atoms with Gasteiger partial charge in [0.25, 0.3) is 0 Å². The first kappa shape index (κ1) is 24.2. The Bertz CT molecular complexity index is 282. The molecule has 3 nitrogen and oxygen atoms in total. The summed E-state index contributed by atoms with van der Waals surface area (Å²) in [4.78, 5) is 0. The van der Waals surface area contributed by atoms with E-state index >= 15 is 0 Å². The first-order valence-electron chi connectivity index (χ1n) is 7.66. The van der Waals surface area contributed by atoms with Crippen LogP contribution in [0.5, 0.6) is 0 Å². The second kappa shape index (κ2) is 17.3. The van der Waals surface area contributed by atoms with Gasteiger partial charge in [0.15, 0.2) is 0 Å². The largest absolute Gasteiger partial charge is 1.00 e. The molecule has 0 bridgehead atoms. The third kappa shape index (κ3) is 22.2. The van der Waals surface area contributed by atoms with Gasteiger partial charge in [-0.15, -0.1) is 0 Å². The van der Waals surface area contributed by atoms with Gasteiger partial charge in [0.05, 0.1) is 0 Å². The SMILES string of the molecule is CCCCCCCCCCCCCCSS(=O)(=O)[O-].[K+]. The van der Waals surface area contributed by atoms with Crippen molar-refractivity contribution in [1.82, 2.24) is 0 Å². The molecular formula is C14H29KO3S2. The van der Waals surface area contributed by atoms with E-state index in [0.29, 0.717) is 16.5 Å². The minimum atomic E-state index is -4.07. The van der Waals surface area contributed by atoms with Gasteiger partial charge in [0.1, 0.15) is 9.15 Å². The van der Waals surface area contributed by atoms with Crippen molar-refractivity contribution < 1.29 is 64.4 Å². The van der Waals surface area contributed by atoms with E-state index in [4.69, 9.17) is 0 Å². The van der Waals surface area contributed by atoms with Crippen molar-refractivity contribution in [2.24, 2.45) is 0 Å². The Morgan fingerprint density at radius 3 is 1.45 bits per heavy atom. The van der Waals surface area contributed by atoms with Gasteiger partial charge in [-0.2, -0.15) is 0 Å². The van der Waals surface area contributed by atoms with Crippen molar-refractivity contribution in [2.45, 2.75) is 84.0 Å². The van der Waals surface area contributed by atoms with Crippen LogP contribution < -0.4 is 51.4 Å². The Kier molecular flexibility index (Phi) is 20.8. The molecule has 0 saturated carbocycles. The fourth-order valence-electron chi connectivity index (χ4n) is 2.10. The molecule has 0 fully saturated rings. The van der Waals surface area contributed by atoms with Gasteiger partial charge in [-0.25, -0.2) is 8.42 Å². The second-order valence-electron chi connectivity index (χ2n) is 5.12. The van der Waals surface area contributed by atoms with Crippen LogP contribution in [-0.4, -0.2) is 18.7 Å². The first-order chi connectivity index (χ1) is 9.06. The van der Waals surface area contributed by atoms with Crippen LogP contribution in [0.3, 0.4) is 0 Å². The number of unbranched alkanes of at least 4 members (excludes halogenated alkanes) is 11. The maximum Gasteiger partial charge on any atom is 1.00 e. The molecule has 0 spiro atoms. The third-order valence-corrected chi connectivity index (χ3v) is 5.34. The number of rotatable bonds is 14. The van der Waals surface area contributed by atoms with E-state index in [1.807, 2.05) is 0 Å². The molecule has 0 atom stereocenters. The van der Waals surface area contributed by atoms with Crippen molar-refractivity contribution >= 4 is 19.9 Å². The maximum absolute atomic E-state index is 10.3. The Balaban J connectivity index is 0. The molecular weight excluding hydrogens is 319 g/mol. The molecule has 0 aromatic heterocycles. The zero-order valence-electron chi connectivity index (χ0n) is 13.2. The first-order valence-corrected chi connectivity index (χ1v) is 10.6. The Morgan fingerprint density at radius 2 is 1.10 bits per heavy atom. The van der Waals surface area contributed by atoms with E-state index in [1.54, 1.807) is 0 Å². The topological polar surface area (TPSA) is 57.2 Å². The molecule has 0 amide bonds. The molecule has 0 saturated heterocycles. The van der Waals surface area contributed by atoms with Crippen LogP contribution in [0.2, 0.25) is 0 Å². The molecule has 0 radical (unpaired) electrons. The molecule has 116 valence electrons. The van der Waals surface area contributed by atoms with Crippen LogP contribution >= 0.6 is 10.8 Å². The van der Waals surface area contributed by atoms with E-state index in [-0.39, 0.29) is 51.4 Å². The van der Waals surface area contributed by atoms with Gasteiger partial charge >= 0.3 is 51.4 Å². The van der Waals surface area contributed by atoms with Crippen LogP contribution in [0.15, 0.2) is 0 Å². The maximum atomic E-state index is 10.3. The molecule has 6 heteroatoms. The summed E-state index contributed by atoms with van der Waals surface area (Å²) in [5.74, 6) is 0.448. The second-order valence-corrected chi connectivity index (χ2v) is 8.51. The number of hydrogen-bond acceptors (Lipinski definition) is 4. The molecule has 0 aliphatic heterocycles. The van der Waals surface area contributed by atoms with Crippen LogP contribution in [0.1, 0.15) is 84.0 Å². The molecule has 0 aliphatic rings. The summed E-state index contributed by atoms with van der Waals surface area (Å²) in [6, 6.07) is 0. The summed E-state index contributed by atoms with van der Waals surface area (Å²) in [6.07, 6.45) is 15.1. The van der Waals surface area contributed by atoms with E-state index in [2.05, 4.69) is 6.92 Å². The van der Waals surface area contributed by atoms with Crippen molar-refractivity contribution in [3.8, 4) is 0 Å². The molecule has 20 heavy (non-hydrogen) atoms. The van der Waals surface area contributed by atoms with Gasteiger partial charge in [-0.1, -0.05) is 77.6 Å². The fourth-order valence-corrected chi connectivity index (χ4v) is 3.60. The summed E-state index contributed by atoms with van der Waals surface area (Å²) in [7, 11) is -3.54. The Morgan fingerprint density at radius 1 is 0.750 bits per heavy atom. The number of hydrogen-bond donors (Lipinski definition) is 0. The van der Waals surface area contributed by atoms with E-state index in [9.17, 15) is 13.0 Å². The zero-order valence-corrected chi connectivity index (χ0v) is 18.0. The van der Waals surface area contributed by atoms with Gasteiger partial charge in [0.2, 0.25) is 0 Å². The smallest absolute Gasteiger partial charge is 0.739 e. The molecule has 0 N–H and O–H groups in total. The average Bonchev–Trinajstić information content (AvgIpc) is 2.34. The van der Waals surface area contributed by atoms with Crippen molar-refractivity contribution in [3.63, 3.8) is 0 Å². The summed E-state index contributed by atoms with van der Waals surface area (Å²) in [5, 5.41) is 0. The van der Waals surface area contributed by atoms with Crippen LogP contribution in [0, 0.1) is 0 Å². The monoisotopic (exact) mass is 348 g/mol. The van der Waals surface area contributed by atoms with Gasteiger partial charge in [-0.3, -0.25) is 0 Å². The molecule has 0 rings (SSSR count). The van der Waals surface area contributed by atoms with Crippen LogP contribution in [-0.2, 0) is 9.15 Å². The normalized spacial score (nSPS) is 11.3. The molecule has 0 aromatic carbocycles. The predicted molar refractivity (Wildman–Crippen MR) is 83.2 cm³/mol. The van der Waals surface area contributed by atoms with E-state index in [1.165, 1.54) is 57.8 Å². The standard InChI is InChI=1S/C14H30O3S2.K/c1-2-3-4-5-6-7-8-9-10-11-12-13-14-18-19(15,16)17;/h2-14H2,1H3,(H,15,16,17);/q;+1/p-1. The Labute approximate surface area is 172 Å². The summed E-state index contributed by atoms with van der Waals surface area (Å²) in [5.41, 5.74) is 0. The van der Waals surface area contributed by atoms with Crippen molar-refractivity contribution in [2.75, 3.05) is 5.75 Å². The van der Waals surface area contributed by atoms with Crippen LogP contribution in [0.25, 0.3) is 0 Å². The fraction of sp³-hybridized carbons (Fsp3) is 1.00. The molecule has 0 aromatic rings. The minimum Gasteiger partial charge on any atom is -0.739 e. The molecule has 0 aliphatic carbocycles. The van der Waals surface area contributed by atoms with Gasteiger partial charge in [-0.05, 0) is 17.2 Å². The average molecular weight is 349 g/mol. The Hall–Kier alpha value is 1.90. The van der Waals surface area contributed by atoms with E-state index in [0.717, 1.165) is 19.3 Å². The molecule has 0 unspecified atom stereocenters. The van der Waals surface area contributed by atoms with Gasteiger partial charge < -0.3 is 4.55 Å². The predicted octanol–water partition coefficient (Wildman–Crippen LogP) is 1.88. The molecule has 0 heterocycles. The summed E-state index contributed by atoms with van der Waals surface area (Å²) >= 11 is 0. The third-order valence-electron chi connectivity index (χ3n) is 3.23. The summed E-state index contributed by atoms with van der Waals surface area (Å²) < 4.78 is 31.0. The van der Waals surface area contributed by atoms with Crippen molar-refractivity contribution in [1.29, 1.82) is 0 Å². The van der Waals surface area contributed by atoms with Crippen molar-refractivity contribution in [3.05, 3.63) is 0 Å². The van der Waals surface area contributed by atoms with Crippen LogP contribution in [0.4, 0.5) is 0 Å². The minimum absolute atomic E-state index is 0. The quantitative estimate of drug-likeness (QED) is 0.208. The summed E-state index contributed by atoms with van der Waals surface area (Å²) in [6.45, 7) is 2.24. The van der Waals surface area contributed by atoms with Gasteiger partial charge in [0, 0.05) is 5.75 Å². The van der Waals surface area contributed by atoms with E-state index < -0.39 is 9.15 Å².